The normalized spacial score (nSPS) is 11.4. The topological polar surface area (TPSA) is 28.2 Å². The number of halogens is 3. The van der Waals surface area contributed by atoms with E-state index in [1.807, 2.05) is 20.8 Å². The van der Waals surface area contributed by atoms with Gasteiger partial charge in [-0.3, -0.25) is 0 Å². The Hall–Kier alpha value is -1.46. The molecule has 0 saturated carbocycles. The van der Waals surface area contributed by atoms with Gasteiger partial charge in [-0.15, -0.1) is 0 Å². The summed E-state index contributed by atoms with van der Waals surface area (Å²) < 4.78 is 38.4. The van der Waals surface area contributed by atoms with E-state index in [1.54, 1.807) is 4.90 Å². The van der Waals surface area contributed by atoms with Crippen LogP contribution in [0.5, 0.6) is 0 Å². The SMILES string of the molecule is CCNc1cc(C(F)(F)F)cc(N(CC)CC)n1. The van der Waals surface area contributed by atoms with Crippen LogP contribution in [-0.2, 0) is 6.18 Å². The molecule has 0 unspecified atom stereocenters. The summed E-state index contributed by atoms with van der Waals surface area (Å²) in [5.74, 6) is 0.611. The highest BCUT2D eigenvalue weighted by Gasteiger charge is 2.32. The average Bonchev–Trinajstić information content (AvgIpc) is 2.29. The molecule has 0 spiro atoms. The molecule has 102 valence electrons. The second-order valence-corrected chi connectivity index (χ2v) is 3.80. The predicted molar refractivity (Wildman–Crippen MR) is 67.0 cm³/mol. The number of aromatic nitrogens is 1. The van der Waals surface area contributed by atoms with Crippen LogP contribution in [0.4, 0.5) is 24.8 Å². The van der Waals surface area contributed by atoms with Crippen LogP contribution in [0.2, 0.25) is 0 Å². The molecule has 0 aliphatic rings. The number of hydrogen-bond donors (Lipinski definition) is 1. The van der Waals surface area contributed by atoms with E-state index < -0.39 is 11.7 Å². The number of hydrogen-bond acceptors (Lipinski definition) is 3. The van der Waals surface area contributed by atoms with E-state index in [4.69, 9.17) is 0 Å². The van der Waals surface area contributed by atoms with Crippen molar-refractivity contribution in [3.63, 3.8) is 0 Å². The molecule has 1 rings (SSSR count). The Bertz CT molecular complexity index is 387. The van der Waals surface area contributed by atoms with Gasteiger partial charge in [0.25, 0.3) is 0 Å². The summed E-state index contributed by atoms with van der Waals surface area (Å²) >= 11 is 0. The lowest BCUT2D eigenvalue weighted by molar-refractivity contribution is -0.137. The van der Waals surface area contributed by atoms with Gasteiger partial charge in [-0.1, -0.05) is 0 Å². The first-order valence-electron chi connectivity index (χ1n) is 6.00. The Kier molecular flexibility index (Phi) is 4.81. The zero-order valence-electron chi connectivity index (χ0n) is 10.8. The van der Waals surface area contributed by atoms with Crippen molar-refractivity contribution in [1.29, 1.82) is 0 Å². The zero-order valence-corrected chi connectivity index (χ0v) is 10.8. The Morgan fingerprint density at radius 3 is 2.22 bits per heavy atom. The minimum absolute atomic E-state index is 0.259. The fourth-order valence-electron chi connectivity index (χ4n) is 1.66. The molecule has 1 aromatic heterocycles. The van der Waals surface area contributed by atoms with Gasteiger partial charge in [-0.25, -0.2) is 4.98 Å². The predicted octanol–water partition coefficient (Wildman–Crippen LogP) is 3.38. The lowest BCUT2D eigenvalue weighted by Gasteiger charge is -2.22. The van der Waals surface area contributed by atoms with Crippen LogP contribution in [0.25, 0.3) is 0 Å². The molecule has 1 heterocycles. The zero-order chi connectivity index (χ0) is 13.8. The van der Waals surface area contributed by atoms with Gasteiger partial charge in [0.15, 0.2) is 0 Å². The van der Waals surface area contributed by atoms with Crippen molar-refractivity contribution in [2.45, 2.75) is 26.9 Å². The number of alkyl halides is 3. The number of anilines is 2. The summed E-state index contributed by atoms with van der Waals surface area (Å²) in [6, 6.07) is 2.13. The van der Waals surface area contributed by atoms with Crippen LogP contribution >= 0.6 is 0 Å². The van der Waals surface area contributed by atoms with E-state index in [0.29, 0.717) is 25.5 Å². The molecule has 1 aromatic rings. The average molecular weight is 261 g/mol. The second-order valence-electron chi connectivity index (χ2n) is 3.80. The van der Waals surface area contributed by atoms with Gasteiger partial charge in [-0.05, 0) is 32.9 Å². The lowest BCUT2D eigenvalue weighted by atomic mass is 10.2. The fraction of sp³-hybridized carbons (Fsp3) is 0.583. The molecule has 0 atom stereocenters. The number of pyridine rings is 1. The molecule has 0 aliphatic carbocycles. The Morgan fingerprint density at radius 2 is 1.78 bits per heavy atom. The molecule has 1 N–H and O–H groups in total. The molecule has 0 aliphatic heterocycles. The van der Waals surface area contributed by atoms with Crippen LogP contribution in [0.3, 0.4) is 0 Å². The maximum atomic E-state index is 12.8. The molecule has 0 aromatic carbocycles. The van der Waals surface area contributed by atoms with Crippen molar-refractivity contribution < 1.29 is 13.2 Å². The Morgan fingerprint density at radius 1 is 1.17 bits per heavy atom. The van der Waals surface area contributed by atoms with Crippen LogP contribution in [0, 0.1) is 0 Å². The molecular formula is C12H18F3N3. The van der Waals surface area contributed by atoms with Crippen LogP contribution in [0.1, 0.15) is 26.3 Å². The third-order valence-electron chi connectivity index (χ3n) is 2.58. The van der Waals surface area contributed by atoms with E-state index in [-0.39, 0.29) is 5.82 Å². The van der Waals surface area contributed by atoms with Crippen molar-refractivity contribution in [2.75, 3.05) is 29.9 Å². The van der Waals surface area contributed by atoms with E-state index in [2.05, 4.69) is 10.3 Å². The van der Waals surface area contributed by atoms with Crippen molar-refractivity contribution in [3.05, 3.63) is 17.7 Å². The van der Waals surface area contributed by atoms with Gasteiger partial charge in [0.1, 0.15) is 11.6 Å². The molecule has 0 amide bonds. The van der Waals surface area contributed by atoms with Crippen molar-refractivity contribution in [1.82, 2.24) is 4.98 Å². The maximum absolute atomic E-state index is 12.8. The van der Waals surface area contributed by atoms with E-state index in [9.17, 15) is 13.2 Å². The molecule has 0 bridgehead atoms. The molecule has 3 nitrogen and oxygen atoms in total. The van der Waals surface area contributed by atoms with Gasteiger partial charge in [0, 0.05) is 19.6 Å². The highest BCUT2D eigenvalue weighted by Crippen LogP contribution is 2.32. The highest BCUT2D eigenvalue weighted by molar-refractivity contribution is 5.51. The first-order chi connectivity index (χ1) is 8.42. The van der Waals surface area contributed by atoms with Gasteiger partial charge < -0.3 is 10.2 Å². The second kappa shape index (κ2) is 5.93. The smallest absolute Gasteiger partial charge is 0.370 e. The molecular weight excluding hydrogens is 243 g/mol. The highest BCUT2D eigenvalue weighted by atomic mass is 19.4. The minimum atomic E-state index is -4.35. The largest absolute Gasteiger partial charge is 0.416 e. The van der Waals surface area contributed by atoms with E-state index in [0.717, 1.165) is 12.1 Å². The summed E-state index contributed by atoms with van der Waals surface area (Å²) in [4.78, 5) is 5.98. The van der Waals surface area contributed by atoms with Gasteiger partial charge in [-0.2, -0.15) is 13.2 Å². The summed E-state index contributed by atoms with van der Waals surface area (Å²) in [6.07, 6.45) is -4.35. The fourth-order valence-corrected chi connectivity index (χ4v) is 1.66. The molecule has 0 fully saturated rings. The summed E-state index contributed by atoms with van der Waals surface area (Å²) in [6.45, 7) is 7.37. The van der Waals surface area contributed by atoms with Crippen LogP contribution in [0.15, 0.2) is 12.1 Å². The third kappa shape index (κ3) is 3.51. The lowest BCUT2D eigenvalue weighted by Crippen LogP contribution is -2.24. The van der Waals surface area contributed by atoms with Gasteiger partial charge in [0.05, 0.1) is 5.56 Å². The molecule has 0 saturated heterocycles. The van der Waals surface area contributed by atoms with Gasteiger partial charge in [0.2, 0.25) is 0 Å². The number of rotatable bonds is 5. The summed E-state index contributed by atoms with van der Waals surface area (Å²) in [7, 11) is 0. The Labute approximate surface area is 105 Å². The summed E-state index contributed by atoms with van der Waals surface area (Å²) in [5.41, 5.74) is -0.671. The van der Waals surface area contributed by atoms with E-state index in [1.165, 1.54) is 0 Å². The van der Waals surface area contributed by atoms with Crippen molar-refractivity contribution in [3.8, 4) is 0 Å². The first-order valence-corrected chi connectivity index (χ1v) is 6.00. The Balaban J connectivity index is 3.21. The third-order valence-corrected chi connectivity index (χ3v) is 2.58. The van der Waals surface area contributed by atoms with Gasteiger partial charge >= 0.3 is 6.18 Å². The van der Waals surface area contributed by atoms with E-state index >= 15 is 0 Å². The molecule has 6 heteroatoms. The first kappa shape index (κ1) is 14.6. The van der Waals surface area contributed by atoms with Crippen LogP contribution < -0.4 is 10.2 Å². The van der Waals surface area contributed by atoms with Crippen molar-refractivity contribution >= 4 is 11.6 Å². The molecule has 0 radical (unpaired) electrons. The monoisotopic (exact) mass is 261 g/mol. The van der Waals surface area contributed by atoms with Crippen molar-refractivity contribution in [2.24, 2.45) is 0 Å². The maximum Gasteiger partial charge on any atom is 0.416 e. The minimum Gasteiger partial charge on any atom is -0.370 e. The number of nitrogens with zero attached hydrogens (tertiary/aromatic N) is 2. The molecule has 18 heavy (non-hydrogen) atoms. The van der Waals surface area contributed by atoms with Crippen LogP contribution in [-0.4, -0.2) is 24.6 Å². The number of nitrogens with one attached hydrogen (secondary N) is 1. The summed E-state index contributed by atoms with van der Waals surface area (Å²) in [5, 5.41) is 2.83. The standard InChI is InChI=1S/C12H18F3N3/c1-4-16-10-7-9(12(13,14)15)8-11(17-10)18(5-2)6-3/h7-8H,4-6H2,1-3H3,(H,16,17). The quantitative estimate of drug-likeness (QED) is 0.880.